The Morgan fingerprint density at radius 1 is 0.917 bits per heavy atom. The molecule has 36 heavy (non-hydrogen) atoms. The summed E-state index contributed by atoms with van der Waals surface area (Å²) in [5.74, 6) is -0.137. The minimum atomic E-state index is -4.28. The van der Waals surface area contributed by atoms with Gasteiger partial charge in [0.05, 0.1) is 31.9 Å². The van der Waals surface area contributed by atoms with Crippen LogP contribution in [-0.2, 0) is 21.2 Å². The molecule has 1 amide bonds. The van der Waals surface area contributed by atoms with E-state index in [9.17, 15) is 17.6 Å². The van der Waals surface area contributed by atoms with Gasteiger partial charge < -0.3 is 19.5 Å². The fourth-order valence-electron chi connectivity index (χ4n) is 3.45. The fourth-order valence-corrected chi connectivity index (χ4v) is 5.05. The molecular formula is C25H26ClFN2O6S. The van der Waals surface area contributed by atoms with E-state index in [0.717, 1.165) is 9.87 Å². The molecular weight excluding hydrogens is 511 g/mol. The van der Waals surface area contributed by atoms with Gasteiger partial charge in [0, 0.05) is 17.6 Å². The molecule has 0 aliphatic heterocycles. The van der Waals surface area contributed by atoms with Crippen LogP contribution in [0.3, 0.4) is 0 Å². The molecule has 3 rings (SSSR count). The Balaban J connectivity index is 1.92. The van der Waals surface area contributed by atoms with Crippen molar-refractivity contribution in [3.05, 3.63) is 77.1 Å². The zero-order chi connectivity index (χ0) is 26.3. The molecule has 0 saturated carbocycles. The third-order valence-corrected chi connectivity index (χ3v) is 7.28. The van der Waals surface area contributed by atoms with Gasteiger partial charge >= 0.3 is 0 Å². The van der Waals surface area contributed by atoms with Crippen LogP contribution in [-0.4, -0.2) is 48.7 Å². The maximum absolute atomic E-state index is 13.8. The van der Waals surface area contributed by atoms with E-state index in [1.54, 1.807) is 18.2 Å². The molecule has 0 aromatic heterocycles. The molecule has 0 spiro atoms. The molecule has 1 N–H and O–H groups in total. The van der Waals surface area contributed by atoms with Gasteiger partial charge in [-0.15, -0.1) is 0 Å². The Kier molecular flexibility index (Phi) is 9.00. The van der Waals surface area contributed by atoms with E-state index in [4.69, 9.17) is 25.8 Å². The van der Waals surface area contributed by atoms with Crippen LogP contribution in [0.15, 0.2) is 65.6 Å². The van der Waals surface area contributed by atoms with Crippen LogP contribution in [0, 0.1) is 5.82 Å². The number of ether oxygens (including phenoxy) is 3. The zero-order valence-corrected chi connectivity index (χ0v) is 21.5. The van der Waals surface area contributed by atoms with Crippen molar-refractivity contribution in [3.8, 4) is 17.2 Å². The van der Waals surface area contributed by atoms with E-state index in [2.05, 4.69) is 5.32 Å². The maximum atomic E-state index is 13.8. The number of carbonyl (C=O) groups is 1. The molecule has 3 aromatic carbocycles. The highest BCUT2D eigenvalue weighted by atomic mass is 35.5. The summed E-state index contributed by atoms with van der Waals surface area (Å²) in [4.78, 5) is 12.7. The number of carbonyl (C=O) groups excluding carboxylic acids is 1. The van der Waals surface area contributed by atoms with E-state index in [0.29, 0.717) is 12.2 Å². The number of hydrogen-bond donors (Lipinski definition) is 1. The van der Waals surface area contributed by atoms with E-state index in [1.165, 1.54) is 63.8 Å². The van der Waals surface area contributed by atoms with Gasteiger partial charge in [-0.1, -0.05) is 23.7 Å². The predicted molar refractivity (Wildman–Crippen MR) is 135 cm³/mol. The van der Waals surface area contributed by atoms with Crippen molar-refractivity contribution in [1.29, 1.82) is 0 Å². The molecule has 0 aliphatic carbocycles. The number of benzene rings is 3. The summed E-state index contributed by atoms with van der Waals surface area (Å²) in [6, 6.07) is 14.5. The summed E-state index contributed by atoms with van der Waals surface area (Å²) in [7, 11) is -0.0704. The van der Waals surface area contributed by atoms with Crippen LogP contribution in [0.5, 0.6) is 17.2 Å². The second-order valence-corrected chi connectivity index (χ2v) is 9.87. The average Bonchev–Trinajstić information content (AvgIpc) is 2.87. The number of methoxy groups -OCH3 is 3. The summed E-state index contributed by atoms with van der Waals surface area (Å²) in [5.41, 5.74) is 0.913. The zero-order valence-electron chi connectivity index (χ0n) is 20.0. The Hall–Kier alpha value is -3.50. The molecule has 0 radical (unpaired) electrons. The SMILES string of the molecule is COc1ccc(S(=O)(=O)N(CC(=O)NCCc2ccc(F)cc2)c2cc(Cl)ccc2OC)cc1OC. The molecule has 0 aliphatic rings. The van der Waals surface area contributed by atoms with Gasteiger partial charge in [-0.25, -0.2) is 12.8 Å². The van der Waals surface area contributed by atoms with Crippen LogP contribution < -0.4 is 23.8 Å². The van der Waals surface area contributed by atoms with Gasteiger partial charge in [0.2, 0.25) is 5.91 Å². The Bertz CT molecular complexity index is 1320. The number of nitrogens with one attached hydrogen (secondary N) is 1. The molecule has 0 saturated heterocycles. The summed E-state index contributed by atoms with van der Waals surface area (Å²) in [6.07, 6.45) is 0.439. The van der Waals surface area contributed by atoms with Crippen molar-refractivity contribution in [2.24, 2.45) is 0 Å². The standard InChI is InChI=1S/C25H26ClFN2O6S/c1-33-22-10-6-18(26)14-21(22)29(16-25(30)28-13-12-17-4-7-19(27)8-5-17)36(31,32)20-9-11-23(34-2)24(15-20)35-3/h4-11,14-15H,12-13,16H2,1-3H3,(H,28,30). The molecule has 0 atom stereocenters. The molecule has 11 heteroatoms. The van der Waals surface area contributed by atoms with Gasteiger partial charge in [-0.2, -0.15) is 0 Å². The van der Waals surface area contributed by atoms with E-state index < -0.39 is 22.5 Å². The van der Waals surface area contributed by atoms with Crippen LogP contribution in [0.1, 0.15) is 5.56 Å². The summed E-state index contributed by atoms with van der Waals surface area (Å²) >= 11 is 6.16. The highest BCUT2D eigenvalue weighted by Gasteiger charge is 2.30. The van der Waals surface area contributed by atoms with E-state index >= 15 is 0 Å². The largest absolute Gasteiger partial charge is 0.495 e. The number of halogens is 2. The lowest BCUT2D eigenvalue weighted by Crippen LogP contribution is -2.41. The van der Waals surface area contributed by atoms with Crippen molar-refractivity contribution in [2.75, 3.05) is 38.7 Å². The minimum absolute atomic E-state index is 0.0912. The highest BCUT2D eigenvalue weighted by molar-refractivity contribution is 7.92. The predicted octanol–water partition coefficient (Wildman–Crippen LogP) is 4.06. The van der Waals surface area contributed by atoms with Crippen LogP contribution in [0.25, 0.3) is 0 Å². The van der Waals surface area contributed by atoms with Crippen LogP contribution >= 0.6 is 11.6 Å². The van der Waals surface area contributed by atoms with Crippen LogP contribution in [0.4, 0.5) is 10.1 Å². The number of anilines is 1. The van der Waals surface area contributed by atoms with Crippen molar-refractivity contribution >= 4 is 33.2 Å². The molecule has 3 aromatic rings. The summed E-state index contributed by atoms with van der Waals surface area (Å²) in [5, 5.41) is 2.96. The van der Waals surface area contributed by atoms with Gasteiger partial charge in [-0.05, 0) is 54.4 Å². The van der Waals surface area contributed by atoms with E-state index in [1.807, 2.05) is 0 Å². The van der Waals surface area contributed by atoms with Gasteiger partial charge in [0.25, 0.3) is 10.0 Å². The minimum Gasteiger partial charge on any atom is -0.495 e. The van der Waals surface area contributed by atoms with Gasteiger partial charge in [-0.3, -0.25) is 9.10 Å². The first kappa shape index (κ1) is 27.1. The van der Waals surface area contributed by atoms with Gasteiger partial charge in [0.15, 0.2) is 11.5 Å². The fraction of sp³-hybridized carbons (Fsp3) is 0.240. The average molecular weight is 537 g/mol. The lowest BCUT2D eigenvalue weighted by molar-refractivity contribution is -0.119. The maximum Gasteiger partial charge on any atom is 0.265 e. The number of nitrogens with zero attached hydrogens (tertiary/aromatic N) is 1. The molecule has 0 unspecified atom stereocenters. The Morgan fingerprint density at radius 2 is 1.56 bits per heavy atom. The molecule has 8 nitrogen and oxygen atoms in total. The van der Waals surface area contributed by atoms with Crippen molar-refractivity contribution in [2.45, 2.75) is 11.3 Å². The molecule has 192 valence electrons. The number of amides is 1. The van der Waals surface area contributed by atoms with Gasteiger partial charge in [0.1, 0.15) is 18.1 Å². The van der Waals surface area contributed by atoms with Crippen molar-refractivity contribution < 1.29 is 31.8 Å². The number of sulfonamides is 1. The monoisotopic (exact) mass is 536 g/mol. The summed E-state index contributed by atoms with van der Waals surface area (Å²) < 4.78 is 57.3. The highest BCUT2D eigenvalue weighted by Crippen LogP contribution is 2.36. The van der Waals surface area contributed by atoms with Crippen LogP contribution in [0.2, 0.25) is 5.02 Å². The molecule has 0 bridgehead atoms. The molecule has 0 fully saturated rings. The first-order valence-electron chi connectivity index (χ1n) is 10.8. The van der Waals surface area contributed by atoms with Crippen molar-refractivity contribution in [3.63, 3.8) is 0 Å². The van der Waals surface area contributed by atoms with Crippen molar-refractivity contribution in [1.82, 2.24) is 5.32 Å². The van der Waals surface area contributed by atoms with E-state index in [-0.39, 0.29) is 39.5 Å². The lowest BCUT2D eigenvalue weighted by atomic mass is 10.1. The second kappa shape index (κ2) is 12.0. The summed E-state index contributed by atoms with van der Waals surface area (Å²) in [6.45, 7) is -0.321. The first-order chi connectivity index (χ1) is 17.2. The number of hydrogen-bond acceptors (Lipinski definition) is 6. The normalized spacial score (nSPS) is 11.0. The third kappa shape index (κ3) is 6.38. The Labute approximate surface area is 214 Å². The topological polar surface area (TPSA) is 94.2 Å². The third-order valence-electron chi connectivity index (χ3n) is 5.29. The number of rotatable bonds is 11. The quantitative estimate of drug-likeness (QED) is 0.397. The smallest absolute Gasteiger partial charge is 0.265 e. The lowest BCUT2D eigenvalue weighted by Gasteiger charge is -2.26. The second-order valence-electron chi connectivity index (χ2n) is 7.57. The molecule has 0 heterocycles. The first-order valence-corrected chi connectivity index (χ1v) is 12.6. The Morgan fingerprint density at radius 3 is 2.19 bits per heavy atom.